The average Bonchev–Trinajstić information content (AvgIpc) is 3.12. The van der Waals surface area contributed by atoms with Crippen LogP contribution >= 0.6 is 27.5 Å². The van der Waals surface area contributed by atoms with Crippen molar-refractivity contribution in [2.75, 3.05) is 20.6 Å². The summed E-state index contributed by atoms with van der Waals surface area (Å²) in [5, 5.41) is 24.6. The monoisotopic (exact) mass is 514 g/mol. The number of ether oxygens (including phenoxy) is 1. The number of hydrogen-bond donors (Lipinski definition) is 2. The molecule has 5 unspecified atom stereocenters. The Hall–Kier alpha value is -1.96. The zero-order chi connectivity index (χ0) is 22.7. The van der Waals surface area contributed by atoms with Crippen LogP contribution in [-0.2, 0) is 11.2 Å². The summed E-state index contributed by atoms with van der Waals surface area (Å²) < 4.78 is 7.60. The molecule has 0 spiro atoms. The molecule has 1 aliphatic carbocycles. The Morgan fingerprint density at radius 1 is 1.12 bits per heavy atom. The van der Waals surface area contributed by atoms with Gasteiger partial charge in [-0.15, -0.1) is 0 Å². The van der Waals surface area contributed by atoms with Crippen molar-refractivity contribution in [1.29, 1.82) is 0 Å². The van der Waals surface area contributed by atoms with Crippen LogP contribution in [0.1, 0.15) is 22.7 Å². The number of aliphatic hydroxyl groups excluding tert-OH is 1. The van der Waals surface area contributed by atoms with E-state index in [1.54, 1.807) is 6.07 Å². The summed E-state index contributed by atoms with van der Waals surface area (Å²) in [6.07, 6.45) is 0.372. The standard InChI is InChI=1S/C25H24BrClN2O3/c1-29(2)14-19-21(15-6-4-3-5-7-15)25(16-8-10-17(26)11-9-16)24(31,23(19)30)22-20(32-25)12-18(27)13-28-22/h3-13,19,21,23,30-31H,14H2,1-2H3. The molecule has 2 heterocycles. The first-order valence-corrected chi connectivity index (χ1v) is 11.7. The van der Waals surface area contributed by atoms with Crippen molar-refractivity contribution in [2.24, 2.45) is 5.92 Å². The number of halogens is 2. The van der Waals surface area contributed by atoms with Crippen molar-refractivity contribution in [3.63, 3.8) is 0 Å². The van der Waals surface area contributed by atoms with Crippen LogP contribution in [-0.4, -0.2) is 46.8 Å². The van der Waals surface area contributed by atoms with E-state index in [1.165, 1.54) is 6.20 Å². The van der Waals surface area contributed by atoms with Crippen molar-refractivity contribution in [1.82, 2.24) is 9.88 Å². The van der Waals surface area contributed by atoms with E-state index in [9.17, 15) is 10.2 Å². The van der Waals surface area contributed by atoms with Crippen molar-refractivity contribution in [3.8, 4) is 5.75 Å². The van der Waals surface area contributed by atoms with Gasteiger partial charge in [-0.2, -0.15) is 0 Å². The number of rotatable bonds is 4. The van der Waals surface area contributed by atoms with E-state index in [-0.39, 0.29) is 11.8 Å². The Balaban J connectivity index is 1.83. The van der Waals surface area contributed by atoms with Gasteiger partial charge in [0.1, 0.15) is 11.4 Å². The van der Waals surface area contributed by atoms with E-state index < -0.39 is 17.3 Å². The molecule has 2 aromatic carbocycles. The molecule has 5 atom stereocenters. The lowest BCUT2D eigenvalue weighted by molar-refractivity contribution is -0.153. The lowest BCUT2D eigenvalue weighted by atomic mass is 9.71. The molecule has 1 aliphatic heterocycles. The SMILES string of the molecule is CN(C)CC1C(O)C2(O)c3ncc(Cl)cc3OC2(c2ccc(Br)cc2)C1c1ccccc1. The highest BCUT2D eigenvalue weighted by Crippen LogP contribution is 2.68. The van der Waals surface area contributed by atoms with E-state index in [0.717, 1.165) is 15.6 Å². The van der Waals surface area contributed by atoms with Crippen LogP contribution in [0.5, 0.6) is 5.75 Å². The predicted molar refractivity (Wildman–Crippen MR) is 127 cm³/mol. The zero-order valence-corrected chi connectivity index (χ0v) is 20.1. The Morgan fingerprint density at radius 2 is 1.81 bits per heavy atom. The van der Waals surface area contributed by atoms with Gasteiger partial charge in [0, 0.05) is 35.1 Å². The maximum Gasteiger partial charge on any atom is 0.181 e. The van der Waals surface area contributed by atoms with Crippen LogP contribution in [0.3, 0.4) is 0 Å². The number of pyridine rings is 1. The average molecular weight is 516 g/mol. The second-order valence-corrected chi connectivity index (χ2v) is 10.2. The van der Waals surface area contributed by atoms with Gasteiger partial charge >= 0.3 is 0 Å². The number of aromatic nitrogens is 1. The van der Waals surface area contributed by atoms with Gasteiger partial charge in [0.2, 0.25) is 0 Å². The van der Waals surface area contributed by atoms with Crippen LogP contribution < -0.4 is 4.74 Å². The van der Waals surface area contributed by atoms with Gasteiger partial charge in [-0.1, -0.05) is 70.0 Å². The Labute approximate surface area is 200 Å². The number of nitrogens with zero attached hydrogens (tertiary/aromatic N) is 2. The van der Waals surface area contributed by atoms with Gasteiger partial charge in [0.05, 0.1) is 11.1 Å². The minimum atomic E-state index is -1.76. The fourth-order valence-electron chi connectivity index (χ4n) is 5.59. The minimum absolute atomic E-state index is 0.313. The fraction of sp³-hybridized carbons (Fsp3) is 0.320. The third-order valence-electron chi connectivity index (χ3n) is 6.72. The van der Waals surface area contributed by atoms with Crippen LogP contribution in [0.25, 0.3) is 0 Å². The van der Waals surface area contributed by atoms with E-state index >= 15 is 0 Å². The normalized spacial score (nSPS) is 30.8. The summed E-state index contributed by atoms with van der Waals surface area (Å²) in [4.78, 5) is 6.49. The molecule has 2 aliphatic rings. The number of fused-ring (bicyclic) bond motifs is 3. The third-order valence-corrected chi connectivity index (χ3v) is 7.46. The highest BCUT2D eigenvalue weighted by Gasteiger charge is 2.76. The molecular weight excluding hydrogens is 492 g/mol. The molecule has 5 nitrogen and oxygen atoms in total. The smallest absolute Gasteiger partial charge is 0.181 e. The van der Waals surface area contributed by atoms with Gasteiger partial charge in [-0.3, -0.25) is 4.98 Å². The molecule has 0 saturated heterocycles. The molecule has 2 N–H and O–H groups in total. The van der Waals surface area contributed by atoms with E-state index in [0.29, 0.717) is 23.0 Å². The molecule has 5 rings (SSSR count). The topological polar surface area (TPSA) is 65.8 Å². The molecule has 0 bridgehead atoms. The molecule has 3 aromatic rings. The van der Waals surface area contributed by atoms with Gasteiger partial charge in [0.15, 0.2) is 11.2 Å². The highest BCUT2D eigenvalue weighted by atomic mass is 79.9. The quantitative estimate of drug-likeness (QED) is 0.542. The highest BCUT2D eigenvalue weighted by molar-refractivity contribution is 9.10. The van der Waals surface area contributed by atoms with Gasteiger partial charge in [0.25, 0.3) is 0 Å². The molecule has 7 heteroatoms. The number of aliphatic hydroxyl groups is 2. The van der Waals surface area contributed by atoms with Crippen LogP contribution in [0, 0.1) is 5.92 Å². The van der Waals surface area contributed by atoms with E-state index in [1.807, 2.05) is 73.6 Å². The second kappa shape index (κ2) is 7.82. The molecule has 1 fully saturated rings. The summed E-state index contributed by atoms with van der Waals surface area (Å²) in [5.74, 6) is -0.266. The van der Waals surface area contributed by atoms with Crippen molar-refractivity contribution < 1.29 is 14.9 Å². The maximum absolute atomic E-state index is 12.4. The van der Waals surface area contributed by atoms with Crippen molar-refractivity contribution in [3.05, 3.63) is 93.2 Å². The summed E-state index contributed by atoms with van der Waals surface area (Å²) in [6.45, 7) is 0.563. The third kappa shape index (κ3) is 2.97. The fourth-order valence-corrected chi connectivity index (χ4v) is 6.00. The van der Waals surface area contributed by atoms with Gasteiger partial charge in [-0.05, 0) is 37.4 Å². The van der Waals surface area contributed by atoms with Crippen molar-refractivity contribution >= 4 is 27.5 Å². The van der Waals surface area contributed by atoms with Crippen LogP contribution in [0.4, 0.5) is 0 Å². The van der Waals surface area contributed by atoms with Crippen LogP contribution in [0.15, 0.2) is 71.3 Å². The molecule has 166 valence electrons. The lowest BCUT2D eigenvalue weighted by Crippen LogP contribution is -2.52. The van der Waals surface area contributed by atoms with Crippen molar-refractivity contribution in [2.45, 2.75) is 23.2 Å². The number of benzene rings is 2. The molecule has 1 aromatic heterocycles. The largest absolute Gasteiger partial charge is 0.476 e. The number of hydrogen-bond acceptors (Lipinski definition) is 5. The van der Waals surface area contributed by atoms with Gasteiger partial charge < -0.3 is 19.8 Å². The summed E-state index contributed by atoms with van der Waals surface area (Å²) in [6, 6.07) is 19.3. The van der Waals surface area contributed by atoms with Gasteiger partial charge in [-0.25, -0.2) is 0 Å². The molecule has 32 heavy (non-hydrogen) atoms. The predicted octanol–water partition coefficient (Wildman–Crippen LogP) is 4.31. The summed E-state index contributed by atoms with van der Waals surface area (Å²) >= 11 is 9.73. The molecular formula is C25H24BrClN2O3. The second-order valence-electron chi connectivity index (χ2n) is 8.87. The zero-order valence-electron chi connectivity index (χ0n) is 17.7. The Morgan fingerprint density at radius 3 is 2.47 bits per heavy atom. The summed E-state index contributed by atoms with van der Waals surface area (Å²) in [5.41, 5.74) is -0.973. The van der Waals surface area contributed by atoms with Crippen LogP contribution in [0.2, 0.25) is 5.02 Å². The Bertz CT molecular complexity index is 1140. The molecule has 0 radical (unpaired) electrons. The Kier molecular flexibility index (Phi) is 5.34. The molecule has 0 amide bonds. The minimum Gasteiger partial charge on any atom is -0.476 e. The lowest BCUT2D eigenvalue weighted by Gasteiger charge is -2.40. The maximum atomic E-state index is 12.4. The van der Waals surface area contributed by atoms with E-state index in [2.05, 4.69) is 20.9 Å². The first-order valence-electron chi connectivity index (χ1n) is 10.5. The molecule has 1 saturated carbocycles. The summed E-state index contributed by atoms with van der Waals surface area (Å²) in [7, 11) is 3.93. The first-order chi connectivity index (χ1) is 15.3. The first kappa shape index (κ1) is 21.9. The van der Waals surface area contributed by atoms with E-state index in [4.69, 9.17) is 16.3 Å².